The summed E-state index contributed by atoms with van der Waals surface area (Å²) < 4.78 is 0. The van der Waals surface area contributed by atoms with E-state index < -0.39 is 12.0 Å². The molecule has 0 radical (unpaired) electrons. The van der Waals surface area contributed by atoms with Gasteiger partial charge in [0.1, 0.15) is 6.04 Å². The van der Waals surface area contributed by atoms with Crippen molar-refractivity contribution in [1.29, 1.82) is 0 Å². The first kappa shape index (κ1) is 13.9. The van der Waals surface area contributed by atoms with Crippen LogP contribution in [0.5, 0.6) is 0 Å². The minimum atomic E-state index is -0.933. The van der Waals surface area contributed by atoms with Gasteiger partial charge in [-0.15, -0.1) is 0 Å². The van der Waals surface area contributed by atoms with Crippen molar-refractivity contribution in [3.05, 3.63) is 0 Å². The van der Waals surface area contributed by atoms with E-state index in [1.807, 2.05) is 0 Å². The molecule has 0 aliphatic heterocycles. The van der Waals surface area contributed by atoms with Crippen molar-refractivity contribution in [3.8, 4) is 0 Å². The maximum atomic E-state index is 10.1. The van der Waals surface area contributed by atoms with Crippen molar-refractivity contribution in [2.24, 2.45) is 11.5 Å². The average molecular weight is 170 g/mol. The SMILES string of the molecule is NCCCCC(N)C(=O)O.[H-].[Na+]. The predicted octanol–water partition coefficient (Wildman–Crippen LogP) is -3.36. The summed E-state index contributed by atoms with van der Waals surface area (Å²) >= 11 is 0. The molecule has 0 spiro atoms. The van der Waals surface area contributed by atoms with Gasteiger partial charge < -0.3 is 18.0 Å². The molecule has 0 saturated heterocycles. The number of hydrogen-bond acceptors (Lipinski definition) is 3. The average Bonchev–Trinajstić information content (AvgIpc) is 1.88. The summed E-state index contributed by atoms with van der Waals surface area (Å²) in [7, 11) is 0. The van der Waals surface area contributed by atoms with Crippen LogP contribution in [0.15, 0.2) is 0 Å². The Morgan fingerprint density at radius 1 is 1.55 bits per heavy atom. The zero-order valence-electron chi connectivity index (χ0n) is 7.92. The second kappa shape index (κ2) is 8.49. The van der Waals surface area contributed by atoms with E-state index in [-0.39, 0.29) is 31.0 Å². The third-order valence-corrected chi connectivity index (χ3v) is 1.29. The van der Waals surface area contributed by atoms with Crippen LogP contribution in [0.25, 0.3) is 0 Å². The topological polar surface area (TPSA) is 89.3 Å². The van der Waals surface area contributed by atoms with E-state index in [1.54, 1.807) is 0 Å². The first-order valence-electron chi connectivity index (χ1n) is 3.37. The molecule has 1 atom stereocenters. The van der Waals surface area contributed by atoms with E-state index in [2.05, 4.69) is 0 Å². The first-order chi connectivity index (χ1) is 4.68. The van der Waals surface area contributed by atoms with Crippen molar-refractivity contribution < 1.29 is 40.9 Å². The van der Waals surface area contributed by atoms with Crippen molar-refractivity contribution in [3.63, 3.8) is 0 Å². The monoisotopic (exact) mass is 170 g/mol. The number of aliphatic carboxylic acids is 1. The smallest absolute Gasteiger partial charge is 1.00 e. The van der Waals surface area contributed by atoms with Gasteiger partial charge >= 0.3 is 35.5 Å². The normalized spacial score (nSPS) is 11.8. The molecule has 0 amide bonds. The third-order valence-electron chi connectivity index (χ3n) is 1.29. The summed E-state index contributed by atoms with van der Waals surface area (Å²) in [5, 5.41) is 8.33. The van der Waals surface area contributed by atoms with E-state index in [1.165, 1.54) is 0 Å². The van der Waals surface area contributed by atoms with E-state index >= 15 is 0 Å². The minimum absolute atomic E-state index is 0. The van der Waals surface area contributed by atoms with Crippen LogP contribution in [0.1, 0.15) is 20.7 Å². The Hall–Kier alpha value is 0.390. The van der Waals surface area contributed by atoms with Crippen LogP contribution in [0.4, 0.5) is 0 Å². The number of nitrogens with two attached hydrogens (primary N) is 2. The maximum absolute atomic E-state index is 10.1. The molecule has 0 bridgehead atoms. The van der Waals surface area contributed by atoms with E-state index in [0.717, 1.165) is 12.8 Å². The van der Waals surface area contributed by atoms with E-state index in [4.69, 9.17) is 16.6 Å². The first-order valence-corrected chi connectivity index (χ1v) is 3.37. The largest absolute Gasteiger partial charge is 1.00 e. The zero-order valence-corrected chi connectivity index (χ0v) is 8.92. The number of carbonyl (C=O) groups is 1. The fourth-order valence-corrected chi connectivity index (χ4v) is 0.632. The Morgan fingerprint density at radius 2 is 2.09 bits per heavy atom. The molecular formula is C6H15N2NaO2. The molecule has 0 aliphatic rings. The van der Waals surface area contributed by atoms with Crippen molar-refractivity contribution in [1.82, 2.24) is 0 Å². The molecule has 5 N–H and O–H groups in total. The van der Waals surface area contributed by atoms with E-state index in [9.17, 15) is 4.79 Å². The molecule has 0 aliphatic carbocycles. The second-order valence-electron chi connectivity index (χ2n) is 2.23. The number of carboxylic acid groups (broad SMARTS) is 1. The summed E-state index contributed by atoms with van der Waals surface area (Å²) in [4.78, 5) is 10.1. The van der Waals surface area contributed by atoms with Gasteiger partial charge in [-0.2, -0.15) is 0 Å². The van der Waals surface area contributed by atoms with Crippen LogP contribution >= 0.6 is 0 Å². The summed E-state index contributed by atoms with van der Waals surface area (Å²) in [6.07, 6.45) is 2.16. The van der Waals surface area contributed by atoms with Crippen molar-refractivity contribution >= 4 is 5.97 Å². The summed E-state index contributed by atoms with van der Waals surface area (Å²) in [5.74, 6) is -0.933. The molecule has 1 unspecified atom stereocenters. The van der Waals surface area contributed by atoms with Crippen molar-refractivity contribution in [2.45, 2.75) is 25.3 Å². The van der Waals surface area contributed by atoms with Crippen LogP contribution in [-0.4, -0.2) is 23.7 Å². The zero-order chi connectivity index (χ0) is 7.98. The Balaban J connectivity index is -0.000000405. The Labute approximate surface area is 90.1 Å². The van der Waals surface area contributed by atoms with Gasteiger partial charge in [-0.05, 0) is 19.4 Å². The van der Waals surface area contributed by atoms with Gasteiger partial charge in [0.2, 0.25) is 0 Å². The molecule has 62 valence electrons. The van der Waals surface area contributed by atoms with Gasteiger partial charge in [-0.1, -0.05) is 6.42 Å². The Bertz CT molecular complexity index is 116. The predicted molar refractivity (Wildman–Crippen MR) is 39.6 cm³/mol. The molecule has 0 fully saturated rings. The minimum Gasteiger partial charge on any atom is -1.00 e. The van der Waals surface area contributed by atoms with Gasteiger partial charge in [0.05, 0.1) is 0 Å². The third kappa shape index (κ3) is 8.29. The number of rotatable bonds is 5. The fourth-order valence-electron chi connectivity index (χ4n) is 0.632. The number of carboxylic acids is 1. The fraction of sp³-hybridized carbons (Fsp3) is 0.833. The standard InChI is InChI=1S/C6H14N2O2.Na.H/c7-4-2-1-3-5(8)6(9)10;;/h5H,1-4,7-8H2,(H,9,10);;/q;+1;-1. The molecule has 0 aromatic rings. The van der Waals surface area contributed by atoms with Crippen LogP contribution in [0.3, 0.4) is 0 Å². The quantitative estimate of drug-likeness (QED) is 0.297. The molecule has 5 heteroatoms. The summed E-state index contributed by atoms with van der Waals surface area (Å²) in [5.41, 5.74) is 10.4. The van der Waals surface area contributed by atoms with Gasteiger partial charge in [0, 0.05) is 0 Å². The molecule has 0 rings (SSSR count). The Morgan fingerprint density at radius 3 is 2.45 bits per heavy atom. The van der Waals surface area contributed by atoms with Gasteiger partial charge in [0.15, 0.2) is 0 Å². The number of unbranched alkanes of at least 4 members (excludes halogenated alkanes) is 1. The molecule has 0 saturated carbocycles. The molecule has 4 nitrogen and oxygen atoms in total. The van der Waals surface area contributed by atoms with Crippen LogP contribution < -0.4 is 41.0 Å². The molecular weight excluding hydrogens is 155 g/mol. The van der Waals surface area contributed by atoms with Gasteiger partial charge in [-0.3, -0.25) is 4.79 Å². The molecule has 11 heavy (non-hydrogen) atoms. The van der Waals surface area contributed by atoms with Crippen LogP contribution in [0, 0.1) is 0 Å². The molecule has 0 aromatic heterocycles. The van der Waals surface area contributed by atoms with Crippen molar-refractivity contribution in [2.75, 3.05) is 6.54 Å². The molecule has 0 aromatic carbocycles. The summed E-state index contributed by atoms with van der Waals surface area (Å²) in [6.45, 7) is 0.604. The van der Waals surface area contributed by atoms with E-state index in [0.29, 0.717) is 13.0 Å². The second-order valence-corrected chi connectivity index (χ2v) is 2.23. The van der Waals surface area contributed by atoms with Crippen LogP contribution in [0.2, 0.25) is 0 Å². The summed E-state index contributed by atoms with van der Waals surface area (Å²) in [6, 6.07) is -0.716. The maximum Gasteiger partial charge on any atom is 1.00 e. The Kier molecular flexibility index (Phi) is 10.8. The molecule has 0 heterocycles. The number of hydrogen-bond donors (Lipinski definition) is 3. The van der Waals surface area contributed by atoms with Gasteiger partial charge in [-0.25, -0.2) is 0 Å². The van der Waals surface area contributed by atoms with Crippen LogP contribution in [-0.2, 0) is 4.79 Å². The van der Waals surface area contributed by atoms with Gasteiger partial charge in [0.25, 0.3) is 0 Å².